The number of amides is 1. The summed E-state index contributed by atoms with van der Waals surface area (Å²) in [6, 6.07) is 15.1. The smallest absolute Gasteiger partial charge is 0.340 e. The monoisotopic (exact) mass is 324 g/mol. The van der Waals surface area contributed by atoms with Crippen LogP contribution in [0.5, 0.6) is 5.75 Å². The average molecular weight is 324 g/mol. The highest BCUT2D eigenvalue weighted by Crippen LogP contribution is 2.17. The van der Waals surface area contributed by atoms with Gasteiger partial charge in [-0.05, 0) is 37.3 Å². The number of hydrogen-bond acceptors (Lipinski definition) is 5. The molecular weight excluding hydrogens is 308 g/mol. The van der Waals surface area contributed by atoms with Crippen molar-refractivity contribution in [1.29, 1.82) is 5.26 Å². The molecule has 2 aromatic rings. The van der Waals surface area contributed by atoms with Crippen molar-refractivity contribution in [3.63, 3.8) is 0 Å². The van der Waals surface area contributed by atoms with Crippen LogP contribution in [0.4, 0.5) is 5.69 Å². The fourth-order valence-electron chi connectivity index (χ4n) is 1.97. The Morgan fingerprint density at radius 3 is 2.71 bits per heavy atom. The Morgan fingerprint density at radius 1 is 1.17 bits per heavy atom. The van der Waals surface area contributed by atoms with Gasteiger partial charge in [0.1, 0.15) is 5.75 Å². The van der Waals surface area contributed by atoms with E-state index in [1.54, 1.807) is 55.5 Å². The SMILES string of the molecule is CCOC(=O)c1ccccc1NC(=O)COc1cccc(C#N)c1. The maximum Gasteiger partial charge on any atom is 0.340 e. The average Bonchev–Trinajstić information content (AvgIpc) is 2.61. The van der Waals surface area contributed by atoms with Gasteiger partial charge in [-0.15, -0.1) is 0 Å². The number of rotatable bonds is 6. The van der Waals surface area contributed by atoms with Gasteiger partial charge in [0.15, 0.2) is 6.61 Å². The summed E-state index contributed by atoms with van der Waals surface area (Å²) >= 11 is 0. The molecule has 6 heteroatoms. The molecule has 0 aliphatic carbocycles. The highest BCUT2D eigenvalue weighted by atomic mass is 16.5. The minimum Gasteiger partial charge on any atom is -0.484 e. The van der Waals surface area contributed by atoms with Gasteiger partial charge >= 0.3 is 5.97 Å². The van der Waals surface area contributed by atoms with Gasteiger partial charge in [-0.1, -0.05) is 18.2 Å². The number of esters is 1. The van der Waals surface area contributed by atoms with E-state index >= 15 is 0 Å². The molecule has 0 aliphatic rings. The van der Waals surface area contributed by atoms with E-state index < -0.39 is 11.9 Å². The van der Waals surface area contributed by atoms with Gasteiger partial charge < -0.3 is 14.8 Å². The second kappa shape index (κ2) is 8.34. The Morgan fingerprint density at radius 2 is 1.96 bits per heavy atom. The lowest BCUT2D eigenvalue weighted by molar-refractivity contribution is -0.118. The summed E-state index contributed by atoms with van der Waals surface area (Å²) in [4.78, 5) is 23.9. The number of benzene rings is 2. The number of para-hydroxylation sites is 1. The molecule has 1 amide bonds. The van der Waals surface area contributed by atoms with Gasteiger partial charge in [0.2, 0.25) is 0 Å². The van der Waals surface area contributed by atoms with Crippen LogP contribution in [0.2, 0.25) is 0 Å². The summed E-state index contributed by atoms with van der Waals surface area (Å²) in [5.74, 6) is -0.506. The number of nitrogens with zero attached hydrogens (tertiary/aromatic N) is 1. The van der Waals surface area contributed by atoms with Gasteiger partial charge in [0, 0.05) is 0 Å². The molecule has 0 saturated carbocycles. The fourth-order valence-corrected chi connectivity index (χ4v) is 1.97. The summed E-state index contributed by atoms with van der Waals surface area (Å²) in [6.07, 6.45) is 0. The molecule has 0 fully saturated rings. The first-order valence-electron chi connectivity index (χ1n) is 7.33. The Balaban J connectivity index is 2.00. The third-order valence-corrected chi connectivity index (χ3v) is 3.03. The summed E-state index contributed by atoms with van der Waals surface area (Å²) < 4.78 is 10.3. The Bertz CT molecular complexity index is 781. The van der Waals surface area contributed by atoms with E-state index in [0.717, 1.165) is 0 Å². The van der Waals surface area contributed by atoms with Crippen LogP contribution in [0.1, 0.15) is 22.8 Å². The fraction of sp³-hybridized carbons (Fsp3) is 0.167. The van der Waals surface area contributed by atoms with Crippen LogP contribution in [0.25, 0.3) is 0 Å². The second-order valence-electron chi connectivity index (χ2n) is 4.74. The van der Waals surface area contributed by atoms with Crippen LogP contribution in [0.3, 0.4) is 0 Å². The van der Waals surface area contributed by atoms with E-state index in [4.69, 9.17) is 14.7 Å². The van der Waals surface area contributed by atoms with Gasteiger partial charge in [0.25, 0.3) is 5.91 Å². The summed E-state index contributed by atoms with van der Waals surface area (Å²) in [7, 11) is 0. The van der Waals surface area contributed by atoms with Crippen molar-refractivity contribution in [2.75, 3.05) is 18.5 Å². The lowest BCUT2D eigenvalue weighted by Gasteiger charge is -2.11. The first kappa shape index (κ1) is 17.0. The van der Waals surface area contributed by atoms with Gasteiger partial charge in [-0.25, -0.2) is 4.79 Å². The molecule has 2 rings (SSSR count). The molecule has 6 nitrogen and oxygen atoms in total. The highest BCUT2D eigenvalue weighted by Gasteiger charge is 2.14. The third-order valence-electron chi connectivity index (χ3n) is 3.03. The minimum atomic E-state index is -0.504. The molecule has 122 valence electrons. The van der Waals surface area contributed by atoms with Crippen molar-refractivity contribution >= 4 is 17.6 Å². The zero-order valence-electron chi connectivity index (χ0n) is 13.1. The predicted octanol–water partition coefficient (Wildman–Crippen LogP) is 2.75. The quantitative estimate of drug-likeness (QED) is 0.825. The van der Waals surface area contributed by atoms with E-state index in [1.807, 2.05) is 6.07 Å². The molecule has 0 atom stereocenters. The topological polar surface area (TPSA) is 88.4 Å². The van der Waals surface area contributed by atoms with Crippen molar-refractivity contribution in [3.8, 4) is 11.8 Å². The molecule has 0 radical (unpaired) electrons. The minimum absolute atomic E-state index is 0.244. The van der Waals surface area contributed by atoms with E-state index in [2.05, 4.69) is 5.32 Å². The molecule has 24 heavy (non-hydrogen) atoms. The summed E-state index contributed by atoms with van der Waals surface area (Å²) in [5.41, 5.74) is 1.08. The molecule has 0 saturated heterocycles. The first-order valence-corrected chi connectivity index (χ1v) is 7.33. The molecule has 2 aromatic carbocycles. The first-order chi connectivity index (χ1) is 11.6. The normalized spacial score (nSPS) is 9.67. The van der Waals surface area contributed by atoms with Crippen LogP contribution >= 0.6 is 0 Å². The molecule has 0 bridgehead atoms. The standard InChI is InChI=1S/C18H16N2O4/c1-2-23-18(22)15-8-3-4-9-16(15)20-17(21)12-24-14-7-5-6-13(10-14)11-19/h3-10H,2,12H2,1H3,(H,20,21). The lowest BCUT2D eigenvalue weighted by atomic mass is 10.2. The van der Waals surface area contributed by atoms with Crippen molar-refractivity contribution in [2.45, 2.75) is 6.92 Å². The van der Waals surface area contributed by atoms with E-state index in [-0.39, 0.29) is 18.8 Å². The van der Waals surface area contributed by atoms with Crippen molar-refractivity contribution in [3.05, 3.63) is 59.7 Å². The second-order valence-corrected chi connectivity index (χ2v) is 4.74. The number of hydrogen-bond donors (Lipinski definition) is 1. The lowest BCUT2D eigenvalue weighted by Crippen LogP contribution is -2.22. The number of nitriles is 1. The number of carbonyl (C=O) groups excluding carboxylic acids is 2. The zero-order valence-corrected chi connectivity index (χ0v) is 13.1. The van der Waals surface area contributed by atoms with Gasteiger partial charge in [0.05, 0.1) is 29.5 Å². The molecule has 0 aliphatic heterocycles. The van der Waals surface area contributed by atoms with Crippen molar-refractivity contribution < 1.29 is 19.1 Å². The van der Waals surface area contributed by atoms with Crippen LogP contribution in [0.15, 0.2) is 48.5 Å². The third kappa shape index (κ3) is 4.58. The Labute approximate surface area is 139 Å². The van der Waals surface area contributed by atoms with E-state index in [1.165, 1.54) is 0 Å². The molecule has 0 heterocycles. The molecule has 1 N–H and O–H groups in total. The largest absolute Gasteiger partial charge is 0.484 e. The number of anilines is 1. The predicted molar refractivity (Wildman–Crippen MR) is 87.7 cm³/mol. The van der Waals surface area contributed by atoms with Gasteiger partial charge in [-0.3, -0.25) is 4.79 Å². The van der Waals surface area contributed by atoms with Crippen LogP contribution in [-0.2, 0) is 9.53 Å². The van der Waals surface area contributed by atoms with E-state index in [0.29, 0.717) is 17.0 Å². The van der Waals surface area contributed by atoms with Gasteiger partial charge in [-0.2, -0.15) is 5.26 Å². The molecule has 0 aromatic heterocycles. The molecular formula is C18H16N2O4. The number of carbonyl (C=O) groups is 2. The Hall–Kier alpha value is -3.33. The van der Waals surface area contributed by atoms with Crippen molar-refractivity contribution in [2.24, 2.45) is 0 Å². The summed E-state index contributed by atoms with van der Waals surface area (Å²) in [6.45, 7) is 1.72. The van der Waals surface area contributed by atoms with E-state index in [9.17, 15) is 9.59 Å². The highest BCUT2D eigenvalue weighted by molar-refractivity contribution is 6.01. The molecule has 0 unspecified atom stereocenters. The summed E-state index contributed by atoms with van der Waals surface area (Å²) in [5, 5.41) is 11.5. The van der Waals surface area contributed by atoms with Crippen LogP contribution < -0.4 is 10.1 Å². The maximum absolute atomic E-state index is 12.0. The van der Waals surface area contributed by atoms with Crippen molar-refractivity contribution in [1.82, 2.24) is 0 Å². The van der Waals surface area contributed by atoms with Crippen LogP contribution in [0, 0.1) is 11.3 Å². The molecule has 0 spiro atoms. The Kier molecular flexibility index (Phi) is 5.92. The number of ether oxygens (including phenoxy) is 2. The maximum atomic E-state index is 12.0. The zero-order chi connectivity index (χ0) is 17.4. The van der Waals surface area contributed by atoms with Crippen LogP contribution in [-0.4, -0.2) is 25.1 Å². The number of nitrogens with one attached hydrogen (secondary N) is 1.